The van der Waals surface area contributed by atoms with E-state index in [1.807, 2.05) is 6.26 Å². The molecule has 0 heterocycles. The minimum absolute atomic E-state index is 0.493. The van der Waals surface area contributed by atoms with E-state index in [9.17, 15) is 0 Å². The van der Waals surface area contributed by atoms with Crippen LogP contribution in [0.4, 0.5) is 0 Å². The fourth-order valence-corrected chi connectivity index (χ4v) is 4.36. The third-order valence-electron chi connectivity index (χ3n) is 5.89. The zero-order chi connectivity index (χ0) is 16.3. The van der Waals surface area contributed by atoms with Crippen molar-refractivity contribution in [2.75, 3.05) is 0 Å². The van der Waals surface area contributed by atoms with Gasteiger partial charge in [0.25, 0.3) is 0 Å². The maximum absolute atomic E-state index is 5.90. The van der Waals surface area contributed by atoms with Crippen LogP contribution in [0.3, 0.4) is 0 Å². The van der Waals surface area contributed by atoms with E-state index in [1.54, 1.807) is 0 Å². The van der Waals surface area contributed by atoms with Crippen molar-refractivity contribution in [3.8, 4) is 0 Å². The molecule has 132 valence electrons. The van der Waals surface area contributed by atoms with E-state index in [0.29, 0.717) is 6.10 Å². The minimum Gasteiger partial charge on any atom is -0.498 e. The summed E-state index contributed by atoms with van der Waals surface area (Å²) in [6, 6.07) is 0. The summed E-state index contributed by atoms with van der Waals surface area (Å²) in [6.07, 6.45) is 25.6. The summed E-state index contributed by atoms with van der Waals surface area (Å²) < 4.78 is 5.90. The van der Waals surface area contributed by atoms with Crippen molar-refractivity contribution < 1.29 is 4.74 Å². The molecule has 0 unspecified atom stereocenters. The maximum atomic E-state index is 5.90. The molecule has 23 heavy (non-hydrogen) atoms. The molecule has 0 aromatic heterocycles. The molecular weight excluding hydrogens is 280 g/mol. The normalized spacial score (nSPS) is 32.6. The summed E-state index contributed by atoms with van der Waals surface area (Å²) in [5.41, 5.74) is 0. The van der Waals surface area contributed by atoms with E-state index in [-0.39, 0.29) is 0 Å². The summed E-state index contributed by atoms with van der Waals surface area (Å²) in [7, 11) is 0. The van der Waals surface area contributed by atoms with Crippen LogP contribution in [0.2, 0.25) is 0 Å². The van der Waals surface area contributed by atoms with Gasteiger partial charge in [-0.15, -0.1) is 0 Å². The molecule has 1 nitrogen and oxygen atoms in total. The molecule has 0 saturated heterocycles. The summed E-state index contributed by atoms with van der Waals surface area (Å²) in [5, 5.41) is 0. The second kappa shape index (κ2) is 10.9. The van der Waals surface area contributed by atoms with Gasteiger partial charge in [0.15, 0.2) is 0 Å². The number of hydrogen-bond acceptors (Lipinski definition) is 1. The maximum Gasteiger partial charge on any atom is 0.0978 e. The second-order valence-corrected chi connectivity index (χ2v) is 7.73. The van der Waals surface area contributed by atoms with Gasteiger partial charge in [-0.05, 0) is 88.0 Å². The third kappa shape index (κ3) is 6.73. The SMILES string of the molecule is CCCC=COC1CCC(C2CCC(C=CCCC)CC2)CC1. The Morgan fingerprint density at radius 1 is 0.739 bits per heavy atom. The van der Waals surface area contributed by atoms with Crippen LogP contribution in [-0.4, -0.2) is 6.10 Å². The average Bonchev–Trinajstić information content (AvgIpc) is 2.60. The van der Waals surface area contributed by atoms with Crippen molar-refractivity contribution >= 4 is 0 Å². The molecule has 2 rings (SSSR count). The quantitative estimate of drug-likeness (QED) is 0.344. The summed E-state index contributed by atoms with van der Waals surface area (Å²) >= 11 is 0. The number of rotatable bonds is 8. The Hall–Kier alpha value is -0.720. The topological polar surface area (TPSA) is 9.23 Å². The molecule has 2 aliphatic rings. The van der Waals surface area contributed by atoms with E-state index in [2.05, 4.69) is 32.1 Å². The van der Waals surface area contributed by atoms with Gasteiger partial charge in [-0.25, -0.2) is 0 Å². The lowest BCUT2D eigenvalue weighted by Gasteiger charge is -2.37. The van der Waals surface area contributed by atoms with Gasteiger partial charge >= 0.3 is 0 Å². The Bertz CT molecular complexity index is 341. The average molecular weight is 319 g/mol. The van der Waals surface area contributed by atoms with Crippen LogP contribution in [-0.2, 0) is 4.74 Å². The van der Waals surface area contributed by atoms with Gasteiger partial charge in [-0.2, -0.15) is 0 Å². The molecular formula is C22H38O. The van der Waals surface area contributed by atoms with E-state index in [4.69, 9.17) is 4.74 Å². The first kappa shape index (κ1) is 18.6. The van der Waals surface area contributed by atoms with Crippen molar-refractivity contribution in [3.05, 3.63) is 24.5 Å². The highest BCUT2D eigenvalue weighted by Crippen LogP contribution is 2.40. The highest BCUT2D eigenvalue weighted by molar-refractivity contribution is 4.92. The van der Waals surface area contributed by atoms with Crippen LogP contribution in [0.25, 0.3) is 0 Å². The van der Waals surface area contributed by atoms with E-state index in [1.165, 1.54) is 70.6 Å². The zero-order valence-electron chi connectivity index (χ0n) is 15.5. The van der Waals surface area contributed by atoms with Crippen LogP contribution >= 0.6 is 0 Å². The Balaban J connectivity index is 1.63. The second-order valence-electron chi connectivity index (χ2n) is 7.73. The highest BCUT2D eigenvalue weighted by Gasteiger charge is 2.30. The van der Waals surface area contributed by atoms with Crippen LogP contribution in [0.5, 0.6) is 0 Å². The lowest BCUT2D eigenvalue weighted by Crippen LogP contribution is -2.27. The Morgan fingerprint density at radius 3 is 1.91 bits per heavy atom. The highest BCUT2D eigenvalue weighted by atomic mass is 16.5. The molecule has 1 heteroatoms. The van der Waals surface area contributed by atoms with Gasteiger partial charge in [0, 0.05) is 0 Å². The molecule has 0 atom stereocenters. The van der Waals surface area contributed by atoms with Crippen LogP contribution in [0.1, 0.15) is 90.9 Å². The lowest BCUT2D eigenvalue weighted by atomic mass is 9.70. The molecule has 0 spiro atoms. The Kier molecular flexibility index (Phi) is 8.86. The summed E-state index contributed by atoms with van der Waals surface area (Å²) in [6.45, 7) is 4.48. The molecule has 2 saturated carbocycles. The molecule has 0 aromatic rings. The van der Waals surface area contributed by atoms with Gasteiger partial charge in [-0.1, -0.05) is 38.8 Å². The van der Waals surface area contributed by atoms with Crippen molar-refractivity contribution in [1.82, 2.24) is 0 Å². The van der Waals surface area contributed by atoms with Crippen molar-refractivity contribution in [1.29, 1.82) is 0 Å². The summed E-state index contributed by atoms with van der Waals surface area (Å²) in [4.78, 5) is 0. The van der Waals surface area contributed by atoms with Crippen LogP contribution in [0, 0.1) is 17.8 Å². The van der Waals surface area contributed by atoms with Crippen molar-refractivity contribution in [3.63, 3.8) is 0 Å². The molecule has 2 aliphatic carbocycles. The number of allylic oxidation sites excluding steroid dienone is 3. The monoisotopic (exact) mass is 318 g/mol. The molecule has 0 aliphatic heterocycles. The fourth-order valence-electron chi connectivity index (χ4n) is 4.36. The lowest BCUT2D eigenvalue weighted by molar-refractivity contribution is 0.0649. The number of hydrogen-bond donors (Lipinski definition) is 0. The molecule has 0 N–H and O–H groups in total. The van der Waals surface area contributed by atoms with Gasteiger partial charge in [-0.3, -0.25) is 0 Å². The van der Waals surface area contributed by atoms with Gasteiger partial charge in [0.1, 0.15) is 0 Å². The predicted octanol–water partition coefficient (Wildman–Crippen LogP) is 7.04. The van der Waals surface area contributed by atoms with Crippen LogP contribution < -0.4 is 0 Å². The van der Waals surface area contributed by atoms with E-state index >= 15 is 0 Å². The zero-order valence-corrected chi connectivity index (χ0v) is 15.5. The van der Waals surface area contributed by atoms with E-state index in [0.717, 1.165) is 24.2 Å². The molecule has 0 bridgehead atoms. The van der Waals surface area contributed by atoms with Crippen molar-refractivity contribution in [2.24, 2.45) is 17.8 Å². The molecule has 0 radical (unpaired) electrons. The minimum atomic E-state index is 0.493. The predicted molar refractivity (Wildman–Crippen MR) is 100 cm³/mol. The summed E-state index contributed by atoms with van der Waals surface area (Å²) in [5.74, 6) is 2.86. The molecule has 0 amide bonds. The third-order valence-corrected chi connectivity index (χ3v) is 5.89. The van der Waals surface area contributed by atoms with Gasteiger partial charge < -0.3 is 4.74 Å². The smallest absolute Gasteiger partial charge is 0.0978 e. The standard InChI is InChI=1S/C22H38O/c1-3-5-7-9-19-10-12-20(13-11-19)21-14-16-22(17-15-21)23-18-8-6-4-2/h7-9,18-22H,3-6,10-17H2,1-2H3. The van der Waals surface area contributed by atoms with Crippen molar-refractivity contribution in [2.45, 2.75) is 97.0 Å². The first-order valence-corrected chi connectivity index (χ1v) is 10.3. The number of ether oxygens (including phenoxy) is 1. The van der Waals surface area contributed by atoms with Gasteiger partial charge in [0.05, 0.1) is 12.4 Å². The van der Waals surface area contributed by atoms with Gasteiger partial charge in [0.2, 0.25) is 0 Å². The fraction of sp³-hybridized carbons (Fsp3) is 0.818. The number of unbranched alkanes of at least 4 members (excludes halogenated alkanes) is 2. The largest absolute Gasteiger partial charge is 0.498 e. The molecule has 0 aromatic carbocycles. The first-order chi connectivity index (χ1) is 11.3. The van der Waals surface area contributed by atoms with Crippen LogP contribution in [0.15, 0.2) is 24.5 Å². The Morgan fingerprint density at radius 2 is 1.30 bits per heavy atom. The van der Waals surface area contributed by atoms with E-state index < -0.39 is 0 Å². The molecule has 2 fully saturated rings. The first-order valence-electron chi connectivity index (χ1n) is 10.3. The Labute approximate surface area is 144 Å².